The van der Waals surface area contributed by atoms with E-state index >= 15 is 0 Å². The van der Waals surface area contributed by atoms with Crippen LogP contribution in [0.5, 0.6) is 0 Å². The summed E-state index contributed by atoms with van der Waals surface area (Å²) in [4.78, 5) is 4.08. The van der Waals surface area contributed by atoms with Gasteiger partial charge in [-0.25, -0.2) is 4.98 Å². The van der Waals surface area contributed by atoms with Crippen LogP contribution in [0.2, 0.25) is 5.15 Å². The van der Waals surface area contributed by atoms with E-state index in [1.54, 1.807) is 4.57 Å². The van der Waals surface area contributed by atoms with E-state index in [1.165, 1.54) is 0 Å². The van der Waals surface area contributed by atoms with Crippen LogP contribution in [0.15, 0.2) is 0 Å². The Morgan fingerprint density at radius 3 is 2.75 bits per heavy atom. The highest BCUT2D eigenvalue weighted by atomic mass is 35.5. The minimum Gasteiger partial charge on any atom is -0.322 e. The second-order valence-electron chi connectivity index (χ2n) is 2.59. The van der Waals surface area contributed by atoms with E-state index in [0.717, 1.165) is 18.7 Å². The van der Waals surface area contributed by atoms with Gasteiger partial charge in [-0.05, 0) is 6.42 Å². The molecule has 1 rings (SSSR count). The summed E-state index contributed by atoms with van der Waals surface area (Å²) in [5, 5.41) is 8.99. The summed E-state index contributed by atoms with van der Waals surface area (Å²) >= 11 is 5.73. The Labute approximate surface area is 76.6 Å². The Kier molecular flexibility index (Phi) is 2.72. The maximum Gasteiger partial charge on any atom is 0.165 e. The van der Waals surface area contributed by atoms with Crippen molar-refractivity contribution in [3.8, 4) is 6.07 Å². The first-order valence-electron chi connectivity index (χ1n) is 3.81. The number of rotatable bonds is 2. The molecule has 0 saturated heterocycles. The summed E-state index contributed by atoms with van der Waals surface area (Å²) in [6.07, 6.45) is 1.87. The standard InChI is InChI=1S/C8H10ClN3/c1-3-4-7-11-8(9)6(5-10)12(7)2/h3-4H2,1-2H3. The SMILES string of the molecule is CCCc1nc(Cl)c(C#N)n1C. The molecule has 0 aliphatic heterocycles. The van der Waals surface area contributed by atoms with Crippen molar-refractivity contribution in [3.63, 3.8) is 0 Å². The lowest BCUT2D eigenvalue weighted by atomic mass is 10.3. The first kappa shape index (κ1) is 9.08. The second-order valence-corrected chi connectivity index (χ2v) is 2.95. The number of hydrogen-bond acceptors (Lipinski definition) is 2. The zero-order valence-corrected chi connectivity index (χ0v) is 7.89. The van der Waals surface area contributed by atoms with Crippen LogP contribution in [0.3, 0.4) is 0 Å². The normalized spacial score (nSPS) is 9.83. The van der Waals surface area contributed by atoms with Crippen molar-refractivity contribution in [1.82, 2.24) is 9.55 Å². The van der Waals surface area contributed by atoms with Crippen molar-refractivity contribution in [1.29, 1.82) is 5.26 Å². The van der Waals surface area contributed by atoms with E-state index in [0.29, 0.717) is 10.8 Å². The molecule has 0 saturated carbocycles. The molecule has 1 heterocycles. The zero-order valence-electron chi connectivity index (χ0n) is 7.13. The lowest BCUT2D eigenvalue weighted by Crippen LogP contribution is -1.99. The Bertz CT molecular complexity index is 322. The third-order valence-corrected chi connectivity index (χ3v) is 1.99. The molecule has 0 unspecified atom stereocenters. The molecule has 0 aromatic carbocycles. The molecule has 0 N–H and O–H groups in total. The molecule has 64 valence electrons. The molecule has 1 aromatic heterocycles. The lowest BCUT2D eigenvalue weighted by Gasteiger charge is -1.97. The van der Waals surface area contributed by atoms with Crippen molar-refractivity contribution < 1.29 is 0 Å². The number of halogens is 1. The Morgan fingerprint density at radius 1 is 1.67 bits per heavy atom. The lowest BCUT2D eigenvalue weighted by molar-refractivity contribution is 0.753. The molecule has 3 nitrogen and oxygen atoms in total. The van der Waals surface area contributed by atoms with Gasteiger partial charge in [-0.15, -0.1) is 0 Å². The van der Waals surface area contributed by atoms with E-state index in [2.05, 4.69) is 11.9 Å². The second kappa shape index (κ2) is 3.59. The smallest absolute Gasteiger partial charge is 0.165 e. The van der Waals surface area contributed by atoms with Gasteiger partial charge in [0.05, 0.1) is 0 Å². The number of nitrogens with zero attached hydrogens (tertiary/aromatic N) is 3. The molecule has 0 spiro atoms. The molecule has 0 amide bonds. The van der Waals surface area contributed by atoms with Crippen LogP contribution >= 0.6 is 11.6 Å². The molecule has 0 fully saturated rings. The van der Waals surface area contributed by atoms with Gasteiger partial charge in [-0.3, -0.25) is 0 Å². The number of aromatic nitrogens is 2. The Balaban J connectivity index is 3.10. The highest BCUT2D eigenvalue weighted by molar-refractivity contribution is 6.30. The van der Waals surface area contributed by atoms with Gasteiger partial charge < -0.3 is 4.57 Å². The number of nitriles is 1. The largest absolute Gasteiger partial charge is 0.322 e. The van der Waals surface area contributed by atoms with E-state index in [-0.39, 0.29) is 0 Å². The highest BCUT2D eigenvalue weighted by Gasteiger charge is 2.10. The summed E-state index contributed by atoms with van der Waals surface area (Å²) in [5.74, 6) is 0.874. The van der Waals surface area contributed by atoms with Crippen LogP contribution in [-0.2, 0) is 13.5 Å². The van der Waals surface area contributed by atoms with Gasteiger partial charge in [0.2, 0.25) is 0 Å². The third kappa shape index (κ3) is 1.44. The van der Waals surface area contributed by atoms with Crippen molar-refractivity contribution in [2.75, 3.05) is 0 Å². The summed E-state index contributed by atoms with van der Waals surface area (Å²) in [7, 11) is 1.81. The van der Waals surface area contributed by atoms with Crippen LogP contribution in [-0.4, -0.2) is 9.55 Å². The molecule has 0 aliphatic rings. The van der Waals surface area contributed by atoms with Gasteiger partial charge in [-0.2, -0.15) is 5.26 Å². The minimum absolute atomic E-state index is 0.309. The fourth-order valence-corrected chi connectivity index (χ4v) is 1.34. The Morgan fingerprint density at radius 2 is 2.33 bits per heavy atom. The molecule has 0 radical (unpaired) electrons. The topological polar surface area (TPSA) is 41.6 Å². The van der Waals surface area contributed by atoms with Gasteiger partial charge in [0.1, 0.15) is 11.9 Å². The average Bonchev–Trinajstić information content (AvgIpc) is 2.29. The van der Waals surface area contributed by atoms with E-state index in [4.69, 9.17) is 16.9 Å². The van der Waals surface area contributed by atoms with Gasteiger partial charge in [0.25, 0.3) is 0 Å². The van der Waals surface area contributed by atoms with Crippen molar-refractivity contribution in [2.24, 2.45) is 7.05 Å². The van der Waals surface area contributed by atoms with Crippen molar-refractivity contribution >= 4 is 11.6 Å². The quantitative estimate of drug-likeness (QED) is 0.703. The zero-order chi connectivity index (χ0) is 9.14. The summed E-state index contributed by atoms with van der Waals surface area (Å²) in [5.41, 5.74) is 0.445. The summed E-state index contributed by atoms with van der Waals surface area (Å²) in [6, 6.07) is 2.01. The van der Waals surface area contributed by atoms with Crippen LogP contribution in [0.25, 0.3) is 0 Å². The van der Waals surface area contributed by atoms with Crippen LogP contribution < -0.4 is 0 Å². The van der Waals surface area contributed by atoms with Crippen molar-refractivity contribution in [3.05, 3.63) is 16.7 Å². The van der Waals surface area contributed by atoms with Crippen LogP contribution in [0.4, 0.5) is 0 Å². The number of imidazole rings is 1. The summed E-state index contributed by atoms with van der Waals surface area (Å²) < 4.78 is 1.74. The van der Waals surface area contributed by atoms with E-state index in [1.807, 2.05) is 13.1 Å². The average molecular weight is 184 g/mol. The predicted molar refractivity (Wildman–Crippen MR) is 46.9 cm³/mol. The fraction of sp³-hybridized carbons (Fsp3) is 0.500. The third-order valence-electron chi connectivity index (χ3n) is 1.72. The highest BCUT2D eigenvalue weighted by Crippen LogP contribution is 2.15. The number of hydrogen-bond donors (Lipinski definition) is 0. The first-order chi connectivity index (χ1) is 5.70. The molecule has 12 heavy (non-hydrogen) atoms. The first-order valence-corrected chi connectivity index (χ1v) is 4.19. The molecular formula is C8H10ClN3. The van der Waals surface area contributed by atoms with Crippen LogP contribution in [0, 0.1) is 11.3 Å². The minimum atomic E-state index is 0.309. The predicted octanol–water partition coefficient (Wildman–Crippen LogP) is 1.90. The molecule has 0 aliphatic carbocycles. The van der Waals surface area contributed by atoms with E-state index in [9.17, 15) is 0 Å². The van der Waals surface area contributed by atoms with Gasteiger partial charge in [0.15, 0.2) is 10.8 Å². The Hall–Kier alpha value is -1.01. The maximum atomic E-state index is 8.69. The number of aryl methyl sites for hydroxylation is 1. The van der Waals surface area contributed by atoms with Gasteiger partial charge in [0, 0.05) is 13.5 Å². The van der Waals surface area contributed by atoms with Crippen LogP contribution in [0.1, 0.15) is 24.9 Å². The monoisotopic (exact) mass is 183 g/mol. The van der Waals surface area contributed by atoms with Gasteiger partial charge >= 0.3 is 0 Å². The molecular weight excluding hydrogens is 174 g/mol. The maximum absolute atomic E-state index is 8.69. The molecule has 4 heteroatoms. The molecule has 0 atom stereocenters. The fourth-order valence-electron chi connectivity index (χ4n) is 1.08. The molecule has 0 bridgehead atoms. The van der Waals surface area contributed by atoms with Gasteiger partial charge in [-0.1, -0.05) is 18.5 Å². The summed E-state index contributed by atoms with van der Waals surface area (Å²) in [6.45, 7) is 2.06. The molecule has 1 aromatic rings. The van der Waals surface area contributed by atoms with Crippen molar-refractivity contribution in [2.45, 2.75) is 19.8 Å². The van der Waals surface area contributed by atoms with E-state index < -0.39 is 0 Å².